The molecule has 29 heavy (non-hydrogen) atoms. The Morgan fingerprint density at radius 2 is 1.90 bits per heavy atom. The summed E-state index contributed by atoms with van der Waals surface area (Å²) >= 11 is 0. The minimum absolute atomic E-state index is 0. The highest BCUT2D eigenvalue weighted by atomic mass is 19.3. The number of anilines is 2. The number of nitrogens with zero attached hydrogens (tertiary/aromatic N) is 2. The Morgan fingerprint density at radius 1 is 1.28 bits per heavy atom. The van der Waals surface area contributed by atoms with E-state index in [0.29, 0.717) is 23.3 Å². The van der Waals surface area contributed by atoms with Gasteiger partial charge in [-0.05, 0) is 29.3 Å². The second kappa shape index (κ2) is 8.87. The first-order chi connectivity index (χ1) is 13.9. The summed E-state index contributed by atoms with van der Waals surface area (Å²) in [6.07, 6.45) is 10.1. The van der Waals surface area contributed by atoms with E-state index in [1.54, 1.807) is 12.4 Å². The first kappa shape index (κ1) is 20.5. The summed E-state index contributed by atoms with van der Waals surface area (Å²) in [5.41, 5.74) is 4.56. The highest BCUT2D eigenvalue weighted by Crippen LogP contribution is 2.25. The SMILES string of the molecule is C=CC(C)(F)F.N=C(c1nccnc1Nc1ccc(C2=CC=C2)cc1)C1CNC1.[HH]. The molecule has 152 valence electrons. The molecular formula is C22H25F2N5. The lowest BCUT2D eigenvalue weighted by molar-refractivity contribution is 0.0779. The molecule has 2 heterocycles. The molecule has 0 radical (unpaired) electrons. The zero-order chi connectivity index (χ0) is 20.9. The Kier molecular flexibility index (Phi) is 6.29. The number of alkyl halides is 2. The number of rotatable bonds is 6. The molecule has 1 aromatic carbocycles. The Bertz CT molecular complexity index is 945. The van der Waals surface area contributed by atoms with Crippen molar-refractivity contribution in [2.45, 2.75) is 12.8 Å². The standard InChI is InChI=1S/C18H17N5.C4H6F2.H2/c19-16(14-10-20-11-14)17-18(22-9-8-21-17)23-15-6-4-13(5-7-15)12-2-1-3-12;1-3-4(2,5)6;/h1-9,14,19-20H,10-11H2,(H,22,23);3H,1H2,2H3;1H. The first-order valence-electron chi connectivity index (χ1n) is 9.25. The Balaban J connectivity index is 0.000000405. The third kappa shape index (κ3) is 5.42. The molecule has 1 saturated heterocycles. The quantitative estimate of drug-likeness (QED) is 0.482. The number of hydrogen-bond donors (Lipinski definition) is 3. The lowest BCUT2D eigenvalue weighted by atomic mass is 9.95. The van der Waals surface area contributed by atoms with Gasteiger partial charge in [0.2, 0.25) is 0 Å². The smallest absolute Gasteiger partial charge is 0.263 e. The van der Waals surface area contributed by atoms with Gasteiger partial charge in [-0.2, -0.15) is 0 Å². The zero-order valence-electron chi connectivity index (χ0n) is 16.1. The van der Waals surface area contributed by atoms with Crippen LogP contribution in [-0.4, -0.2) is 34.7 Å². The second-order valence-corrected chi connectivity index (χ2v) is 6.87. The van der Waals surface area contributed by atoms with Crippen molar-refractivity contribution < 1.29 is 10.2 Å². The number of aromatic nitrogens is 2. The van der Waals surface area contributed by atoms with Crippen LogP contribution in [0.1, 0.15) is 19.6 Å². The van der Waals surface area contributed by atoms with Crippen LogP contribution in [-0.2, 0) is 0 Å². The van der Waals surface area contributed by atoms with Gasteiger partial charge >= 0.3 is 0 Å². The molecule has 2 aliphatic rings. The summed E-state index contributed by atoms with van der Waals surface area (Å²) in [5, 5.41) is 14.8. The number of halogens is 2. The van der Waals surface area contributed by atoms with Gasteiger partial charge in [0.1, 0.15) is 5.69 Å². The van der Waals surface area contributed by atoms with Crippen molar-refractivity contribution in [2.75, 3.05) is 18.4 Å². The summed E-state index contributed by atoms with van der Waals surface area (Å²) in [7, 11) is 0. The van der Waals surface area contributed by atoms with Crippen LogP contribution < -0.4 is 10.6 Å². The number of benzene rings is 1. The van der Waals surface area contributed by atoms with Crippen LogP contribution in [0, 0.1) is 11.3 Å². The Hall–Kier alpha value is -3.19. The fourth-order valence-corrected chi connectivity index (χ4v) is 2.58. The van der Waals surface area contributed by atoms with Crippen molar-refractivity contribution in [3.05, 3.63) is 78.8 Å². The van der Waals surface area contributed by atoms with Gasteiger partial charge in [-0.15, -0.1) is 0 Å². The molecule has 0 unspecified atom stereocenters. The third-order valence-electron chi connectivity index (χ3n) is 4.53. The highest BCUT2D eigenvalue weighted by molar-refractivity contribution is 6.03. The monoisotopic (exact) mass is 397 g/mol. The fraction of sp³-hybridized carbons (Fsp3) is 0.227. The van der Waals surface area contributed by atoms with E-state index in [0.717, 1.165) is 25.7 Å². The van der Waals surface area contributed by atoms with Crippen LogP contribution in [0.25, 0.3) is 5.57 Å². The van der Waals surface area contributed by atoms with Crippen molar-refractivity contribution in [3.8, 4) is 0 Å². The first-order valence-corrected chi connectivity index (χ1v) is 9.25. The number of nitrogens with one attached hydrogen (secondary N) is 3. The molecule has 2 aromatic rings. The van der Waals surface area contributed by atoms with E-state index in [9.17, 15) is 8.78 Å². The van der Waals surface area contributed by atoms with Crippen LogP contribution in [0.2, 0.25) is 0 Å². The average molecular weight is 397 g/mol. The van der Waals surface area contributed by atoms with Crippen molar-refractivity contribution in [3.63, 3.8) is 0 Å². The van der Waals surface area contributed by atoms with Gasteiger partial charge in [0.05, 0.1) is 5.71 Å². The van der Waals surface area contributed by atoms with Crippen molar-refractivity contribution in [1.29, 1.82) is 5.41 Å². The number of allylic oxidation sites excluding steroid dienone is 5. The predicted octanol–water partition coefficient (Wildman–Crippen LogP) is 4.83. The zero-order valence-corrected chi connectivity index (χ0v) is 16.1. The summed E-state index contributed by atoms with van der Waals surface area (Å²) in [4.78, 5) is 8.71. The molecule has 0 amide bonds. The molecule has 4 rings (SSSR count). The van der Waals surface area contributed by atoms with Gasteiger partial charge < -0.3 is 16.0 Å². The van der Waals surface area contributed by atoms with E-state index >= 15 is 0 Å². The molecule has 0 atom stereocenters. The van der Waals surface area contributed by atoms with Gasteiger partial charge in [-0.3, -0.25) is 0 Å². The summed E-state index contributed by atoms with van der Waals surface area (Å²) < 4.78 is 22.7. The van der Waals surface area contributed by atoms with E-state index in [2.05, 4.69) is 51.5 Å². The Labute approximate surface area is 170 Å². The van der Waals surface area contributed by atoms with Crippen LogP contribution in [0.4, 0.5) is 20.3 Å². The van der Waals surface area contributed by atoms with Gasteiger partial charge in [0, 0.05) is 45.4 Å². The van der Waals surface area contributed by atoms with Crippen molar-refractivity contribution in [1.82, 2.24) is 15.3 Å². The van der Waals surface area contributed by atoms with E-state index in [1.807, 2.05) is 18.2 Å². The molecule has 0 bridgehead atoms. The highest BCUT2D eigenvalue weighted by Gasteiger charge is 2.25. The normalized spacial score (nSPS) is 15.2. The van der Waals surface area contributed by atoms with Crippen LogP contribution >= 0.6 is 0 Å². The number of hydrogen-bond acceptors (Lipinski definition) is 5. The van der Waals surface area contributed by atoms with Crippen molar-refractivity contribution >= 4 is 22.8 Å². The second-order valence-electron chi connectivity index (χ2n) is 6.87. The van der Waals surface area contributed by atoms with Crippen molar-refractivity contribution in [2.24, 2.45) is 5.92 Å². The van der Waals surface area contributed by atoms with Crippen LogP contribution in [0.15, 0.2) is 67.5 Å². The predicted molar refractivity (Wildman–Crippen MR) is 115 cm³/mol. The van der Waals surface area contributed by atoms with Crippen LogP contribution in [0.5, 0.6) is 0 Å². The topological polar surface area (TPSA) is 73.7 Å². The minimum atomic E-state index is -2.69. The molecule has 1 aliphatic carbocycles. The van der Waals surface area contributed by atoms with E-state index < -0.39 is 5.92 Å². The van der Waals surface area contributed by atoms with Gasteiger partial charge in [0.25, 0.3) is 5.92 Å². The summed E-state index contributed by atoms with van der Waals surface area (Å²) in [6, 6.07) is 8.20. The molecule has 1 aromatic heterocycles. The maximum atomic E-state index is 11.3. The third-order valence-corrected chi connectivity index (χ3v) is 4.53. The largest absolute Gasteiger partial charge is 0.338 e. The molecule has 0 saturated carbocycles. The molecular weight excluding hydrogens is 372 g/mol. The van der Waals surface area contributed by atoms with E-state index in [4.69, 9.17) is 5.41 Å². The maximum absolute atomic E-state index is 11.3. The molecule has 5 nitrogen and oxygen atoms in total. The van der Waals surface area contributed by atoms with Gasteiger partial charge in [-0.1, -0.05) is 36.9 Å². The lowest BCUT2D eigenvalue weighted by Crippen LogP contribution is -2.46. The molecule has 3 N–H and O–H groups in total. The Morgan fingerprint density at radius 3 is 2.38 bits per heavy atom. The lowest BCUT2D eigenvalue weighted by Gasteiger charge is -2.27. The van der Waals surface area contributed by atoms with E-state index in [-0.39, 0.29) is 7.34 Å². The summed E-state index contributed by atoms with van der Waals surface area (Å²) in [6.45, 7) is 5.35. The fourth-order valence-electron chi connectivity index (χ4n) is 2.58. The molecule has 0 spiro atoms. The molecule has 1 fully saturated rings. The average Bonchev–Trinajstić information content (AvgIpc) is 2.61. The summed E-state index contributed by atoms with van der Waals surface area (Å²) in [5.74, 6) is -1.83. The maximum Gasteiger partial charge on any atom is 0.263 e. The molecule has 1 aliphatic heterocycles. The minimum Gasteiger partial charge on any atom is -0.338 e. The van der Waals surface area contributed by atoms with Gasteiger partial charge in [-0.25, -0.2) is 18.7 Å². The van der Waals surface area contributed by atoms with Gasteiger partial charge in [0.15, 0.2) is 5.82 Å². The molecule has 7 heteroatoms. The van der Waals surface area contributed by atoms with E-state index in [1.165, 1.54) is 11.1 Å². The van der Waals surface area contributed by atoms with Crippen LogP contribution in [0.3, 0.4) is 0 Å².